The third-order valence-electron chi connectivity index (χ3n) is 3.98. The van der Waals surface area contributed by atoms with E-state index < -0.39 is 6.10 Å². The van der Waals surface area contributed by atoms with E-state index in [1.807, 2.05) is 11.4 Å². The maximum absolute atomic E-state index is 12.7. The van der Waals surface area contributed by atoms with Crippen LogP contribution in [0, 0.1) is 0 Å². The molecule has 2 heterocycles. The van der Waals surface area contributed by atoms with Crippen molar-refractivity contribution in [3.63, 3.8) is 0 Å². The van der Waals surface area contributed by atoms with Crippen molar-refractivity contribution in [1.82, 2.24) is 5.32 Å². The van der Waals surface area contributed by atoms with E-state index >= 15 is 0 Å². The van der Waals surface area contributed by atoms with E-state index in [-0.39, 0.29) is 37.0 Å². The van der Waals surface area contributed by atoms with Crippen LogP contribution in [-0.4, -0.2) is 37.3 Å². The van der Waals surface area contributed by atoms with E-state index in [2.05, 4.69) is 5.32 Å². The molecule has 0 bridgehead atoms. The average molecular weight is 358 g/mol. The SMILES string of the molecule is CNC(=O)[C@@H]1CN(C(=O)CCC(=O)c2cccs2)c2ccccc2O1. The monoisotopic (exact) mass is 358 g/mol. The van der Waals surface area contributed by atoms with Crippen LogP contribution < -0.4 is 15.0 Å². The van der Waals surface area contributed by atoms with Gasteiger partial charge in [0.15, 0.2) is 11.9 Å². The molecule has 3 rings (SSSR count). The Morgan fingerprint density at radius 1 is 1.20 bits per heavy atom. The summed E-state index contributed by atoms with van der Waals surface area (Å²) in [5, 5.41) is 4.37. The molecule has 0 aliphatic carbocycles. The first kappa shape index (κ1) is 17.2. The number of thiophene rings is 1. The second-order valence-electron chi connectivity index (χ2n) is 5.59. The van der Waals surface area contributed by atoms with Crippen molar-refractivity contribution < 1.29 is 19.1 Å². The van der Waals surface area contributed by atoms with Gasteiger partial charge in [-0.1, -0.05) is 18.2 Å². The van der Waals surface area contributed by atoms with Crippen LogP contribution in [0.15, 0.2) is 41.8 Å². The Balaban J connectivity index is 1.74. The lowest BCUT2D eigenvalue weighted by molar-refractivity contribution is -0.127. The minimum atomic E-state index is -0.767. The van der Waals surface area contributed by atoms with Crippen molar-refractivity contribution in [2.75, 3.05) is 18.5 Å². The summed E-state index contributed by atoms with van der Waals surface area (Å²) in [6, 6.07) is 10.7. The normalized spacial score (nSPS) is 15.9. The zero-order valence-electron chi connectivity index (χ0n) is 13.7. The maximum Gasteiger partial charge on any atom is 0.262 e. The van der Waals surface area contributed by atoms with Gasteiger partial charge < -0.3 is 15.0 Å². The Kier molecular flexibility index (Phi) is 5.14. The van der Waals surface area contributed by atoms with Crippen LogP contribution >= 0.6 is 11.3 Å². The molecule has 6 nitrogen and oxygen atoms in total. The van der Waals surface area contributed by atoms with E-state index in [0.717, 1.165) is 0 Å². The van der Waals surface area contributed by atoms with E-state index in [4.69, 9.17) is 4.74 Å². The van der Waals surface area contributed by atoms with Crippen LogP contribution in [-0.2, 0) is 9.59 Å². The Hall–Kier alpha value is -2.67. The summed E-state index contributed by atoms with van der Waals surface area (Å²) in [6.45, 7) is 0.128. The highest BCUT2D eigenvalue weighted by molar-refractivity contribution is 7.12. The van der Waals surface area contributed by atoms with Crippen molar-refractivity contribution in [2.45, 2.75) is 18.9 Å². The topological polar surface area (TPSA) is 75.7 Å². The molecule has 1 N–H and O–H groups in total. The Labute approximate surface area is 149 Å². The second kappa shape index (κ2) is 7.48. The van der Waals surface area contributed by atoms with Gasteiger partial charge in [0.1, 0.15) is 5.75 Å². The molecule has 0 unspecified atom stereocenters. The van der Waals surface area contributed by atoms with E-state index in [9.17, 15) is 14.4 Å². The van der Waals surface area contributed by atoms with Crippen LogP contribution in [0.1, 0.15) is 22.5 Å². The molecule has 1 aromatic heterocycles. The molecule has 0 radical (unpaired) electrons. The molecule has 2 amide bonds. The fourth-order valence-corrected chi connectivity index (χ4v) is 3.38. The second-order valence-corrected chi connectivity index (χ2v) is 6.54. The van der Waals surface area contributed by atoms with Crippen molar-refractivity contribution in [3.8, 4) is 5.75 Å². The lowest BCUT2D eigenvalue weighted by Crippen LogP contribution is -2.50. The molecule has 1 aliphatic rings. The van der Waals surface area contributed by atoms with Crippen LogP contribution in [0.5, 0.6) is 5.75 Å². The van der Waals surface area contributed by atoms with Gasteiger partial charge in [0, 0.05) is 19.9 Å². The smallest absolute Gasteiger partial charge is 0.262 e. The summed E-state index contributed by atoms with van der Waals surface area (Å²) in [6.07, 6.45) is -0.536. The van der Waals surface area contributed by atoms with Gasteiger partial charge in [0.2, 0.25) is 5.91 Å². The third kappa shape index (κ3) is 3.71. The van der Waals surface area contributed by atoms with E-state index in [1.165, 1.54) is 23.3 Å². The first-order valence-corrected chi connectivity index (χ1v) is 8.82. The standard InChI is InChI=1S/C18H18N2O4S/c1-19-18(23)15-11-20(12-5-2-3-6-14(12)24-15)17(22)9-8-13(21)16-7-4-10-25-16/h2-7,10,15H,8-9,11H2,1H3,(H,19,23)/t15-/m0/s1. The van der Waals surface area contributed by atoms with Gasteiger partial charge in [-0.15, -0.1) is 11.3 Å². The van der Waals surface area contributed by atoms with E-state index in [0.29, 0.717) is 16.3 Å². The number of benzene rings is 1. The number of nitrogens with zero attached hydrogens (tertiary/aromatic N) is 1. The van der Waals surface area contributed by atoms with Crippen molar-refractivity contribution >= 4 is 34.6 Å². The molecule has 1 aromatic carbocycles. The molecule has 130 valence electrons. The van der Waals surface area contributed by atoms with Crippen molar-refractivity contribution in [1.29, 1.82) is 0 Å². The van der Waals surface area contributed by atoms with Crippen molar-refractivity contribution in [3.05, 3.63) is 46.7 Å². The number of hydrogen-bond acceptors (Lipinski definition) is 5. The molecule has 7 heteroatoms. The zero-order chi connectivity index (χ0) is 17.8. The van der Waals surface area contributed by atoms with Gasteiger partial charge in [-0.2, -0.15) is 0 Å². The highest BCUT2D eigenvalue weighted by Crippen LogP contribution is 2.33. The largest absolute Gasteiger partial charge is 0.477 e. The highest BCUT2D eigenvalue weighted by atomic mass is 32.1. The lowest BCUT2D eigenvalue weighted by atomic mass is 10.1. The van der Waals surface area contributed by atoms with Crippen LogP contribution in [0.4, 0.5) is 5.69 Å². The van der Waals surface area contributed by atoms with Crippen molar-refractivity contribution in [2.24, 2.45) is 0 Å². The minimum Gasteiger partial charge on any atom is -0.477 e. The van der Waals surface area contributed by atoms with Gasteiger partial charge in [-0.25, -0.2) is 0 Å². The summed E-state index contributed by atoms with van der Waals surface area (Å²) in [5.74, 6) is -0.0513. The van der Waals surface area contributed by atoms with Crippen LogP contribution in [0.25, 0.3) is 0 Å². The quantitative estimate of drug-likeness (QED) is 0.832. The fourth-order valence-electron chi connectivity index (χ4n) is 2.68. The summed E-state index contributed by atoms with van der Waals surface area (Å²) >= 11 is 1.37. The Morgan fingerprint density at radius 2 is 2.00 bits per heavy atom. The molecule has 25 heavy (non-hydrogen) atoms. The zero-order valence-corrected chi connectivity index (χ0v) is 14.5. The number of amides is 2. The summed E-state index contributed by atoms with van der Waals surface area (Å²) in [5.41, 5.74) is 0.622. The maximum atomic E-state index is 12.7. The van der Waals surface area contributed by atoms with E-state index in [1.54, 1.807) is 30.3 Å². The first-order chi connectivity index (χ1) is 12.1. The molecule has 1 atom stereocenters. The number of para-hydroxylation sites is 2. The lowest BCUT2D eigenvalue weighted by Gasteiger charge is -2.34. The Bertz CT molecular complexity index is 788. The molecule has 0 fully saturated rings. The number of carbonyl (C=O) groups is 3. The predicted octanol–water partition coefficient (Wildman–Crippen LogP) is 2.25. The molecular weight excluding hydrogens is 340 g/mol. The number of ether oxygens (including phenoxy) is 1. The number of anilines is 1. The number of Topliss-reactive ketones (excluding diaryl/α,β-unsaturated/α-hetero) is 1. The molecule has 0 saturated carbocycles. The van der Waals surface area contributed by atoms with Gasteiger partial charge in [0.05, 0.1) is 17.1 Å². The summed E-state index contributed by atoms with van der Waals surface area (Å²) in [7, 11) is 1.53. The van der Waals surface area contributed by atoms with Gasteiger partial charge in [0.25, 0.3) is 5.91 Å². The number of nitrogens with one attached hydrogen (secondary N) is 1. The number of carbonyl (C=O) groups excluding carboxylic acids is 3. The van der Waals surface area contributed by atoms with Crippen LogP contribution in [0.2, 0.25) is 0 Å². The Morgan fingerprint density at radius 3 is 2.72 bits per heavy atom. The molecule has 2 aromatic rings. The van der Waals surface area contributed by atoms with Gasteiger partial charge in [-0.3, -0.25) is 14.4 Å². The average Bonchev–Trinajstić information content (AvgIpc) is 3.19. The number of ketones is 1. The number of hydrogen-bond donors (Lipinski definition) is 1. The molecule has 1 aliphatic heterocycles. The highest BCUT2D eigenvalue weighted by Gasteiger charge is 2.33. The number of rotatable bonds is 5. The van der Waals surface area contributed by atoms with Gasteiger partial charge >= 0.3 is 0 Å². The molecule has 0 saturated heterocycles. The third-order valence-corrected chi connectivity index (χ3v) is 4.89. The first-order valence-electron chi connectivity index (χ1n) is 7.94. The minimum absolute atomic E-state index is 0.0484. The fraction of sp³-hybridized carbons (Fsp3) is 0.278. The van der Waals surface area contributed by atoms with Crippen LogP contribution in [0.3, 0.4) is 0 Å². The number of likely N-dealkylation sites (N-methyl/N-ethyl adjacent to an activating group) is 1. The summed E-state index contributed by atoms with van der Waals surface area (Å²) in [4.78, 5) is 38.9. The summed E-state index contributed by atoms with van der Waals surface area (Å²) < 4.78 is 5.68. The predicted molar refractivity (Wildman–Crippen MR) is 95.2 cm³/mol. The van der Waals surface area contributed by atoms with Gasteiger partial charge in [-0.05, 0) is 23.6 Å². The number of fused-ring (bicyclic) bond motifs is 1. The molecule has 0 spiro atoms. The molecular formula is C18H18N2O4S.